The Kier molecular flexibility index (Phi) is 6.10. The van der Waals surface area contributed by atoms with Crippen LogP contribution in [0.1, 0.15) is 18.1 Å². The first-order valence-corrected chi connectivity index (χ1v) is 9.48. The van der Waals surface area contributed by atoms with E-state index < -0.39 is 11.5 Å². The first-order chi connectivity index (χ1) is 13.9. The third-order valence-corrected chi connectivity index (χ3v) is 4.51. The summed E-state index contributed by atoms with van der Waals surface area (Å²) in [6.07, 6.45) is 2.71. The highest BCUT2D eigenvalue weighted by Gasteiger charge is 2.18. The number of nitriles is 1. The van der Waals surface area contributed by atoms with E-state index in [-0.39, 0.29) is 23.6 Å². The second-order valence-electron chi connectivity index (χ2n) is 5.97. The number of hydrogen-bond acceptors (Lipinski definition) is 6. The second-order valence-corrected chi connectivity index (χ2v) is 6.88. The summed E-state index contributed by atoms with van der Waals surface area (Å²) in [7, 11) is 0. The van der Waals surface area contributed by atoms with Gasteiger partial charge in [0.25, 0.3) is 5.56 Å². The Bertz CT molecular complexity index is 1210. The van der Waals surface area contributed by atoms with Crippen molar-refractivity contribution in [3.05, 3.63) is 74.1 Å². The topological polar surface area (TPSA) is 93.7 Å². The van der Waals surface area contributed by atoms with Gasteiger partial charge in [-0.05, 0) is 55.8 Å². The zero-order valence-corrected chi connectivity index (χ0v) is 17.3. The predicted octanol–water partition coefficient (Wildman–Crippen LogP) is 4.03. The molecule has 3 rings (SSSR count). The van der Waals surface area contributed by atoms with E-state index in [0.717, 1.165) is 16.1 Å². The molecule has 0 N–H and O–H groups in total. The number of aryl methyl sites for hydroxylation is 1. The Labute approximate surface area is 175 Å². The van der Waals surface area contributed by atoms with Crippen molar-refractivity contribution in [2.24, 2.45) is 0 Å². The quantitative estimate of drug-likeness (QED) is 0.328. The van der Waals surface area contributed by atoms with Gasteiger partial charge in [-0.1, -0.05) is 22.0 Å². The van der Waals surface area contributed by atoms with Gasteiger partial charge in [-0.3, -0.25) is 9.20 Å². The van der Waals surface area contributed by atoms with E-state index in [1.807, 2.05) is 13.0 Å². The number of hydrogen-bond donors (Lipinski definition) is 0. The third-order valence-electron chi connectivity index (χ3n) is 3.98. The molecule has 0 fully saturated rings. The molecule has 8 heteroatoms. The maximum Gasteiger partial charge on any atom is 0.348 e. The maximum absolute atomic E-state index is 13.1. The van der Waals surface area contributed by atoms with Gasteiger partial charge in [0.05, 0.1) is 6.61 Å². The van der Waals surface area contributed by atoms with Crippen molar-refractivity contribution in [1.82, 2.24) is 9.38 Å². The van der Waals surface area contributed by atoms with Gasteiger partial charge in [0.15, 0.2) is 0 Å². The Morgan fingerprint density at radius 3 is 2.69 bits per heavy atom. The fourth-order valence-electron chi connectivity index (χ4n) is 2.60. The third kappa shape index (κ3) is 4.36. The summed E-state index contributed by atoms with van der Waals surface area (Å²) in [5.41, 5.74) is 0.366. The van der Waals surface area contributed by atoms with Crippen molar-refractivity contribution in [3.8, 4) is 17.7 Å². The number of aromatic nitrogens is 2. The number of rotatable bonds is 5. The highest BCUT2D eigenvalue weighted by Crippen LogP contribution is 2.26. The highest BCUT2D eigenvalue weighted by molar-refractivity contribution is 9.10. The van der Waals surface area contributed by atoms with Crippen molar-refractivity contribution in [2.45, 2.75) is 13.8 Å². The monoisotopic (exact) mass is 453 g/mol. The SMILES string of the molecule is CCOC(=O)/C(C#N)=C/c1c(Oc2ccc(Br)cc2)nc2c(C)cccn2c1=O. The van der Waals surface area contributed by atoms with E-state index in [1.54, 1.807) is 49.5 Å². The molecule has 29 heavy (non-hydrogen) atoms. The minimum Gasteiger partial charge on any atom is -0.462 e. The largest absolute Gasteiger partial charge is 0.462 e. The molecular weight excluding hydrogens is 438 g/mol. The standard InChI is InChI=1S/C21H16BrN3O4/c1-3-28-21(27)14(12-23)11-17-19(29-16-8-6-15(22)7-9-16)24-18-13(2)5-4-10-25(18)20(17)26/h4-11H,3H2,1-2H3/b14-11+. The lowest BCUT2D eigenvalue weighted by atomic mass is 10.2. The van der Waals surface area contributed by atoms with Crippen LogP contribution in [0, 0.1) is 18.3 Å². The fraction of sp³-hybridized carbons (Fsp3) is 0.143. The summed E-state index contributed by atoms with van der Waals surface area (Å²) in [5, 5.41) is 9.35. The summed E-state index contributed by atoms with van der Waals surface area (Å²) >= 11 is 3.35. The summed E-state index contributed by atoms with van der Waals surface area (Å²) in [5.74, 6) is -0.385. The molecule has 0 unspecified atom stereocenters. The number of fused-ring (bicyclic) bond motifs is 1. The van der Waals surface area contributed by atoms with E-state index in [0.29, 0.717) is 11.4 Å². The minimum atomic E-state index is -0.821. The normalized spacial score (nSPS) is 11.2. The van der Waals surface area contributed by atoms with E-state index >= 15 is 0 Å². The number of nitrogens with zero attached hydrogens (tertiary/aromatic N) is 3. The average Bonchev–Trinajstić information content (AvgIpc) is 2.70. The first-order valence-electron chi connectivity index (χ1n) is 8.69. The van der Waals surface area contributed by atoms with Crippen LogP contribution in [0.25, 0.3) is 11.7 Å². The molecule has 0 radical (unpaired) electrons. The molecule has 0 spiro atoms. The zero-order chi connectivity index (χ0) is 21.0. The van der Waals surface area contributed by atoms with Crippen LogP contribution in [-0.4, -0.2) is 22.0 Å². The minimum absolute atomic E-state index is 0.0105. The Balaban J connectivity index is 2.24. The lowest BCUT2D eigenvalue weighted by Crippen LogP contribution is -2.20. The second kappa shape index (κ2) is 8.71. The number of ether oxygens (including phenoxy) is 2. The van der Waals surface area contributed by atoms with Gasteiger partial charge in [-0.25, -0.2) is 4.79 Å². The molecule has 0 aliphatic heterocycles. The lowest BCUT2D eigenvalue weighted by Gasteiger charge is -2.11. The molecule has 2 aromatic heterocycles. The number of esters is 1. The van der Waals surface area contributed by atoms with Gasteiger partial charge < -0.3 is 9.47 Å². The van der Waals surface area contributed by atoms with Crippen molar-refractivity contribution in [2.75, 3.05) is 6.61 Å². The Morgan fingerprint density at radius 2 is 2.03 bits per heavy atom. The van der Waals surface area contributed by atoms with E-state index in [9.17, 15) is 14.9 Å². The summed E-state index contributed by atoms with van der Waals surface area (Å²) in [6, 6.07) is 12.3. The van der Waals surface area contributed by atoms with Gasteiger partial charge >= 0.3 is 5.97 Å². The van der Waals surface area contributed by atoms with Crippen molar-refractivity contribution in [1.29, 1.82) is 5.26 Å². The smallest absolute Gasteiger partial charge is 0.348 e. The van der Waals surface area contributed by atoms with E-state index in [4.69, 9.17) is 9.47 Å². The molecular formula is C21H16BrN3O4. The fourth-order valence-corrected chi connectivity index (χ4v) is 2.86. The molecule has 0 bridgehead atoms. The first kappa shape index (κ1) is 20.3. The highest BCUT2D eigenvalue weighted by atomic mass is 79.9. The summed E-state index contributed by atoms with van der Waals surface area (Å²) in [6.45, 7) is 3.55. The van der Waals surface area contributed by atoms with Crippen LogP contribution in [0.4, 0.5) is 0 Å². The van der Waals surface area contributed by atoms with Crippen molar-refractivity contribution < 1.29 is 14.3 Å². The average molecular weight is 454 g/mol. The molecule has 1 aromatic carbocycles. The molecule has 7 nitrogen and oxygen atoms in total. The molecule has 146 valence electrons. The van der Waals surface area contributed by atoms with Crippen LogP contribution in [-0.2, 0) is 9.53 Å². The number of carbonyl (C=O) groups is 1. The van der Waals surface area contributed by atoms with Crippen LogP contribution in [0.15, 0.2) is 57.4 Å². The molecule has 0 amide bonds. The van der Waals surface area contributed by atoms with Crippen LogP contribution >= 0.6 is 15.9 Å². The number of halogens is 1. The molecule has 3 aromatic rings. The number of benzene rings is 1. The molecule has 0 aliphatic carbocycles. The molecule has 0 saturated heterocycles. The van der Waals surface area contributed by atoms with Gasteiger partial charge in [-0.2, -0.15) is 10.2 Å². The molecule has 2 heterocycles. The van der Waals surface area contributed by atoms with Crippen molar-refractivity contribution in [3.63, 3.8) is 0 Å². The molecule has 0 saturated carbocycles. The van der Waals surface area contributed by atoms with Crippen LogP contribution in [0.3, 0.4) is 0 Å². The van der Waals surface area contributed by atoms with Crippen LogP contribution < -0.4 is 10.3 Å². The van der Waals surface area contributed by atoms with Gasteiger partial charge in [0.1, 0.15) is 28.6 Å². The number of carbonyl (C=O) groups excluding carboxylic acids is 1. The molecule has 0 aliphatic rings. The predicted molar refractivity (Wildman–Crippen MR) is 111 cm³/mol. The summed E-state index contributed by atoms with van der Waals surface area (Å²) in [4.78, 5) is 29.6. The van der Waals surface area contributed by atoms with Crippen LogP contribution in [0.2, 0.25) is 0 Å². The van der Waals surface area contributed by atoms with E-state index in [2.05, 4.69) is 20.9 Å². The number of pyridine rings is 1. The molecule has 0 atom stereocenters. The lowest BCUT2D eigenvalue weighted by molar-refractivity contribution is -0.137. The maximum atomic E-state index is 13.1. The van der Waals surface area contributed by atoms with E-state index in [1.165, 1.54) is 4.40 Å². The Morgan fingerprint density at radius 1 is 1.31 bits per heavy atom. The van der Waals surface area contributed by atoms with Gasteiger partial charge in [0.2, 0.25) is 5.88 Å². The Hall–Kier alpha value is -3.44. The summed E-state index contributed by atoms with van der Waals surface area (Å²) < 4.78 is 12.9. The van der Waals surface area contributed by atoms with Crippen LogP contribution in [0.5, 0.6) is 11.6 Å². The van der Waals surface area contributed by atoms with Gasteiger partial charge in [0, 0.05) is 10.7 Å². The zero-order valence-electron chi connectivity index (χ0n) is 15.7. The van der Waals surface area contributed by atoms with Gasteiger partial charge in [-0.15, -0.1) is 0 Å². The van der Waals surface area contributed by atoms with Crippen molar-refractivity contribution >= 4 is 33.6 Å².